The molecule has 0 radical (unpaired) electrons. The molecule has 2 aromatic rings. The van der Waals surface area contributed by atoms with Crippen molar-refractivity contribution in [2.24, 2.45) is 0 Å². The van der Waals surface area contributed by atoms with Crippen LogP contribution in [0.25, 0.3) is 0 Å². The molecule has 0 fully saturated rings. The summed E-state index contributed by atoms with van der Waals surface area (Å²) in [6.07, 6.45) is 0. The second-order valence-corrected chi connectivity index (χ2v) is 7.37. The lowest BCUT2D eigenvalue weighted by molar-refractivity contribution is -0.387. The van der Waals surface area contributed by atoms with E-state index in [4.69, 9.17) is 5.11 Å². The van der Waals surface area contributed by atoms with Crippen LogP contribution in [-0.2, 0) is 4.79 Å². The minimum absolute atomic E-state index is 0.0574. The fraction of sp³-hybridized carbons (Fsp3) is 0.267. The van der Waals surface area contributed by atoms with Gasteiger partial charge in [0.05, 0.1) is 9.82 Å². The zero-order chi connectivity index (χ0) is 18.7. The van der Waals surface area contributed by atoms with Crippen LogP contribution in [0, 0.1) is 17.0 Å². The van der Waals surface area contributed by atoms with Gasteiger partial charge in [-0.2, -0.15) is 0 Å². The van der Waals surface area contributed by atoms with Crippen LogP contribution in [0.15, 0.2) is 32.8 Å². The second-order valence-electron chi connectivity index (χ2n) is 5.23. The van der Waals surface area contributed by atoms with Crippen LogP contribution in [0.4, 0.5) is 5.69 Å². The van der Waals surface area contributed by atoms with Crippen LogP contribution in [0.3, 0.4) is 0 Å². The molecule has 2 rings (SSSR count). The van der Waals surface area contributed by atoms with Gasteiger partial charge >= 0.3 is 5.97 Å². The number of rotatable bonds is 6. The summed E-state index contributed by atoms with van der Waals surface area (Å²) in [4.78, 5) is 39.8. The van der Waals surface area contributed by atoms with Crippen molar-refractivity contribution in [1.82, 2.24) is 9.88 Å². The first-order chi connectivity index (χ1) is 11.7. The number of nitrogens with zero attached hydrogens (tertiary/aromatic N) is 3. The van der Waals surface area contributed by atoms with Crippen LogP contribution in [-0.4, -0.2) is 44.9 Å². The van der Waals surface area contributed by atoms with Crippen molar-refractivity contribution in [1.29, 1.82) is 0 Å². The zero-order valence-electron chi connectivity index (χ0n) is 13.6. The number of carbonyl (C=O) groups is 2. The Morgan fingerprint density at radius 1 is 1.44 bits per heavy atom. The van der Waals surface area contributed by atoms with E-state index in [1.165, 1.54) is 37.4 Å². The first kappa shape index (κ1) is 18.9. The highest BCUT2D eigenvalue weighted by atomic mass is 32.2. The van der Waals surface area contributed by atoms with Crippen molar-refractivity contribution < 1.29 is 19.6 Å². The number of carbonyl (C=O) groups excluding carboxylic acids is 1. The average molecular weight is 381 g/mol. The van der Waals surface area contributed by atoms with Crippen molar-refractivity contribution >= 4 is 40.7 Å². The van der Waals surface area contributed by atoms with Gasteiger partial charge in [-0.25, -0.2) is 9.78 Å². The average Bonchev–Trinajstić information content (AvgIpc) is 2.97. The number of nitro benzene ring substituents is 1. The lowest BCUT2D eigenvalue weighted by atomic mass is 10.1. The van der Waals surface area contributed by atoms with Crippen LogP contribution in [0.5, 0.6) is 0 Å². The largest absolute Gasteiger partial charge is 0.480 e. The Bertz CT molecular complexity index is 836. The monoisotopic (exact) mass is 381 g/mol. The van der Waals surface area contributed by atoms with Crippen LogP contribution < -0.4 is 0 Å². The first-order valence-electron chi connectivity index (χ1n) is 7.09. The lowest BCUT2D eigenvalue weighted by Crippen LogP contribution is -2.40. The van der Waals surface area contributed by atoms with E-state index in [0.29, 0.717) is 9.24 Å². The number of thiazole rings is 1. The summed E-state index contributed by atoms with van der Waals surface area (Å²) in [5.74, 6) is -1.75. The van der Waals surface area contributed by atoms with E-state index in [0.717, 1.165) is 28.4 Å². The molecule has 1 aromatic carbocycles. The Morgan fingerprint density at radius 3 is 2.64 bits per heavy atom. The number of carboxylic acid groups (broad SMARTS) is 1. The third kappa shape index (κ3) is 4.34. The number of carboxylic acids is 1. The molecule has 1 heterocycles. The molecule has 0 aliphatic rings. The summed E-state index contributed by atoms with van der Waals surface area (Å²) in [5.41, 5.74) is 0.660. The fourth-order valence-electron chi connectivity index (χ4n) is 1.90. The predicted molar refractivity (Wildman–Crippen MR) is 93.3 cm³/mol. The van der Waals surface area contributed by atoms with Crippen molar-refractivity contribution in [3.05, 3.63) is 45.0 Å². The molecule has 25 heavy (non-hydrogen) atoms. The summed E-state index contributed by atoms with van der Waals surface area (Å²) < 4.78 is 0.663. The number of likely N-dealkylation sites (N-methyl/N-ethyl adjacent to an activating group) is 1. The summed E-state index contributed by atoms with van der Waals surface area (Å²) in [5, 5.41) is 22.2. The first-order valence-corrected chi connectivity index (χ1v) is 8.78. The standard InChI is InChI=1S/C15H15N3O5S2/c1-8-7-24-15(16-8)25-12-5-4-10(6-11(12)18(22)23)13(19)17(3)9(2)14(20)21/h4-7,9H,1-3H3,(H,20,21). The molecular weight excluding hydrogens is 366 g/mol. The van der Waals surface area contributed by atoms with Crippen LogP contribution >= 0.6 is 23.1 Å². The molecular formula is C15H15N3O5S2. The van der Waals surface area contributed by atoms with Gasteiger partial charge in [-0.1, -0.05) is 11.8 Å². The van der Waals surface area contributed by atoms with E-state index in [9.17, 15) is 19.7 Å². The van der Waals surface area contributed by atoms with Crippen LogP contribution in [0.1, 0.15) is 23.0 Å². The van der Waals surface area contributed by atoms with Crippen LogP contribution in [0.2, 0.25) is 0 Å². The van der Waals surface area contributed by atoms with Crippen molar-refractivity contribution in [2.75, 3.05) is 7.05 Å². The van der Waals surface area contributed by atoms with Gasteiger partial charge in [0.2, 0.25) is 0 Å². The van der Waals surface area contributed by atoms with E-state index in [-0.39, 0.29) is 11.3 Å². The maximum absolute atomic E-state index is 12.4. The number of hydrogen-bond donors (Lipinski definition) is 1. The highest BCUT2D eigenvalue weighted by Crippen LogP contribution is 2.37. The SMILES string of the molecule is Cc1csc(Sc2ccc(C(=O)N(C)C(C)C(=O)O)cc2[N+](=O)[O-])n1. The van der Waals surface area contributed by atoms with E-state index in [1.807, 2.05) is 12.3 Å². The van der Waals surface area contributed by atoms with Gasteiger partial charge < -0.3 is 10.0 Å². The molecule has 0 aliphatic carbocycles. The quantitative estimate of drug-likeness (QED) is 0.604. The van der Waals surface area contributed by atoms with Gasteiger partial charge in [0.1, 0.15) is 6.04 Å². The van der Waals surface area contributed by atoms with Crippen molar-refractivity contribution in [2.45, 2.75) is 29.1 Å². The highest BCUT2D eigenvalue weighted by Gasteiger charge is 2.25. The van der Waals surface area contributed by atoms with Gasteiger partial charge in [-0.15, -0.1) is 11.3 Å². The Kier molecular flexibility index (Phi) is 5.75. The van der Waals surface area contributed by atoms with E-state index in [2.05, 4.69) is 4.98 Å². The molecule has 0 saturated heterocycles. The molecule has 8 nitrogen and oxygen atoms in total. The smallest absolute Gasteiger partial charge is 0.326 e. The summed E-state index contributed by atoms with van der Waals surface area (Å²) in [6.45, 7) is 3.19. The van der Waals surface area contributed by atoms with Crippen molar-refractivity contribution in [3.8, 4) is 0 Å². The summed E-state index contributed by atoms with van der Waals surface area (Å²) >= 11 is 2.53. The normalized spacial score (nSPS) is 11.8. The molecule has 0 saturated carbocycles. The molecule has 0 bridgehead atoms. The number of aliphatic carboxylic acids is 1. The number of amides is 1. The van der Waals surface area contributed by atoms with Crippen molar-refractivity contribution in [3.63, 3.8) is 0 Å². The zero-order valence-corrected chi connectivity index (χ0v) is 15.3. The lowest BCUT2D eigenvalue weighted by Gasteiger charge is -2.21. The number of hydrogen-bond acceptors (Lipinski definition) is 7. The molecule has 0 aliphatic heterocycles. The van der Waals surface area contributed by atoms with Gasteiger partial charge in [-0.3, -0.25) is 14.9 Å². The molecule has 1 aromatic heterocycles. The Hall–Kier alpha value is -2.46. The Balaban J connectivity index is 2.33. The number of aryl methyl sites for hydroxylation is 1. The molecule has 10 heteroatoms. The Morgan fingerprint density at radius 2 is 2.12 bits per heavy atom. The van der Waals surface area contributed by atoms with E-state index < -0.39 is 22.8 Å². The number of nitro groups is 1. The third-order valence-corrected chi connectivity index (χ3v) is 5.58. The third-order valence-electron chi connectivity index (χ3n) is 3.46. The molecule has 1 atom stereocenters. The van der Waals surface area contributed by atoms with E-state index >= 15 is 0 Å². The van der Waals surface area contributed by atoms with Gasteiger partial charge in [0.25, 0.3) is 11.6 Å². The molecule has 0 spiro atoms. The minimum Gasteiger partial charge on any atom is -0.480 e. The van der Waals surface area contributed by atoms with E-state index in [1.54, 1.807) is 0 Å². The maximum Gasteiger partial charge on any atom is 0.326 e. The van der Waals surface area contributed by atoms with Gasteiger partial charge in [0, 0.05) is 29.8 Å². The van der Waals surface area contributed by atoms with Gasteiger partial charge in [0.15, 0.2) is 4.34 Å². The fourth-order valence-corrected chi connectivity index (χ4v) is 3.78. The molecule has 1 N–H and O–H groups in total. The molecule has 1 unspecified atom stereocenters. The molecule has 132 valence electrons. The highest BCUT2D eigenvalue weighted by molar-refractivity contribution is 8.01. The topological polar surface area (TPSA) is 114 Å². The van der Waals surface area contributed by atoms with Gasteiger partial charge in [-0.05, 0) is 26.0 Å². The summed E-state index contributed by atoms with van der Waals surface area (Å²) in [6, 6.07) is 3.05. The maximum atomic E-state index is 12.4. The Labute approximate surface area is 151 Å². The second kappa shape index (κ2) is 7.62. The minimum atomic E-state index is -1.16. The molecule has 1 amide bonds. The number of benzene rings is 1. The number of aromatic nitrogens is 1. The predicted octanol–water partition coefficient (Wildman–Crippen LogP) is 3.06. The summed E-state index contributed by atoms with van der Waals surface area (Å²) in [7, 11) is 1.34.